The second kappa shape index (κ2) is 6.76. The van der Waals surface area contributed by atoms with E-state index in [0.29, 0.717) is 0 Å². The van der Waals surface area contributed by atoms with Crippen molar-refractivity contribution in [2.24, 2.45) is 0 Å². The van der Waals surface area contributed by atoms with Crippen LogP contribution in [0.5, 0.6) is 0 Å². The van der Waals surface area contributed by atoms with Crippen LogP contribution in [-0.2, 0) is 6.42 Å². The number of hydrogen-bond donors (Lipinski definition) is 1. The molecule has 24 heavy (non-hydrogen) atoms. The summed E-state index contributed by atoms with van der Waals surface area (Å²) in [5, 5.41) is 9.27. The number of rotatable bonds is 2. The lowest BCUT2D eigenvalue weighted by molar-refractivity contribution is 0.780. The molecule has 0 fully saturated rings. The van der Waals surface area contributed by atoms with Gasteiger partial charge in [0.15, 0.2) is 0 Å². The zero-order chi connectivity index (χ0) is 16.5. The van der Waals surface area contributed by atoms with Gasteiger partial charge in [0.1, 0.15) is 5.82 Å². The van der Waals surface area contributed by atoms with E-state index in [4.69, 9.17) is 16.7 Å². The largest absolute Gasteiger partial charge is 0.370 e. The molecule has 0 spiro atoms. The van der Waals surface area contributed by atoms with Gasteiger partial charge in [-0.2, -0.15) is 5.10 Å². The Morgan fingerprint density at radius 2 is 1.75 bits per heavy atom. The zero-order valence-electron chi connectivity index (χ0n) is 13.1. The molecule has 122 valence electrons. The molecular formula is C19H17ClIN3. The molecule has 3 aromatic rings. The van der Waals surface area contributed by atoms with Crippen LogP contribution in [0, 0.1) is 3.57 Å². The molecule has 0 radical (unpaired) electrons. The summed E-state index contributed by atoms with van der Waals surface area (Å²) >= 11 is 8.37. The van der Waals surface area contributed by atoms with Crippen molar-refractivity contribution in [1.29, 1.82) is 0 Å². The zero-order valence-corrected chi connectivity index (χ0v) is 16.0. The van der Waals surface area contributed by atoms with Crippen LogP contribution in [0.4, 0.5) is 5.82 Å². The van der Waals surface area contributed by atoms with Crippen molar-refractivity contribution in [2.75, 3.05) is 11.9 Å². The molecule has 5 heteroatoms. The fourth-order valence-corrected chi connectivity index (χ4v) is 3.60. The number of anilines is 1. The molecule has 0 unspecified atom stereocenters. The number of hydrogen-bond acceptors (Lipinski definition) is 2. The van der Waals surface area contributed by atoms with Gasteiger partial charge in [-0.15, -0.1) is 0 Å². The summed E-state index contributed by atoms with van der Waals surface area (Å²) in [7, 11) is 0. The molecule has 3 nitrogen and oxygen atoms in total. The average molecular weight is 450 g/mol. The highest BCUT2D eigenvalue weighted by atomic mass is 127. The van der Waals surface area contributed by atoms with Gasteiger partial charge < -0.3 is 5.32 Å². The molecule has 1 aromatic heterocycles. The Balaban J connectivity index is 1.88. The Morgan fingerprint density at radius 1 is 1.00 bits per heavy atom. The van der Waals surface area contributed by atoms with Gasteiger partial charge >= 0.3 is 0 Å². The minimum Gasteiger partial charge on any atom is -0.370 e. The predicted molar refractivity (Wildman–Crippen MR) is 108 cm³/mol. The van der Waals surface area contributed by atoms with Crippen molar-refractivity contribution >= 4 is 40.0 Å². The first kappa shape index (κ1) is 16.0. The van der Waals surface area contributed by atoms with Crippen molar-refractivity contribution in [3.05, 3.63) is 62.7 Å². The summed E-state index contributed by atoms with van der Waals surface area (Å²) in [6.45, 7) is 0.989. The summed E-state index contributed by atoms with van der Waals surface area (Å²) in [6, 6.07) is 16.4. The second-order valence-corrected chi connectivity index (χ2v) is 7.64. The Bertz CT molecular complexity index is 784. The summed E-state index contributed by atoms with van der Waals surface area (Å²) in [6.07, 6.45) is 3.41. The van der Waals surface area contributed by atoms with E-state index in [1.54, 1.807) is 0 Å². The maximum atomic E-state index is 6.05. The van der Waals surface area contributed by atoms with Gasteiger partial charge in [-0.25, -0.2) is 4.68 Å². The number of nitrogens with one attached hydrogen (secondary N) is 1. The lowest BCUT2D eigenvalue weighted by atomic mass is 10.0. The van der Waals surface area contributed by atoms with Gasteiger partial charge in [-0.3, -0.25) is 0 Å². The fraction of sp³-hybridized carbons (Fsp3) is 0.211. The molecule has 2 aromatic carbocycles. The number of nitrogens with zero attached hydrogens (tertiary/aromatic N) is 2. The standard InChI is InChI=1S/C19H17ClIN3/c20-14-6-4-13(5-7-14)18-17-3-1-2-12-22-19(17)24(23-18)16-10-8-15(21)9-11-16/h4-11,22H,1-3,12H2. The SMILES string of the molecule is Clc1ccc(-c2nn(-c3ccc(I)cc3)c3c2CCCCN3)cc1. The van der Waals surface area contributed by atoms with Crippen LogP contribution in [0.15, 0.2) is 48.5 Å². The van der Waals surface area contributed by atoms with Gasteiger partial charge in [0.2, 0.25) is 0 Å². The van der Waals surface area contributed by atoms with Crippen molar-refractivity contribution < 1.29 is 0 Å². The lowest BCUT2D eigenvalue weighted by Crippen LogP contribution is -2.07. The molecule has 0 saturated carbocycles. The fourth-order valence-electron chi connectivity index (χ4n) is 3.11. The van der Waals surface area contributed by atoms with E-state index in [-0.39, 0.29) is 0 Å². The first-order chi connectivity index (χ1) is 11.7. The highest BCUT2D eigenvalue weighted by Gasteiger charge is 2.21. The van der Waals surface area contributed by atoms with E-state index in [1.807, 2.05) is 28.9 Å². The van der Waals surface area contributed by atoms with E-state index in [2.05, 4.69) is 52.2 Å². The minimum atomic E-state index is 0.750. The van der Waals surface area contributed by atoms with Crippen molar-refractivity contribution in [3.63, 3.8) is 0 Å². The Morgan fingerprint density at radius 3 is 2.50 bits per heavy atom. The molecule has 0 amide bonds. The first-order valence-corrected chi connectivity index (χ1v) is 9.56. The van der Waals surface area contributed by atoms with Crippen LogP contribution in [0.1, 0.15) is 18.4 Å². The van der Waals surface area contributed by atoms with Crippen LogP contribution in [0.25, 0.3) is 16.9 Å². The lowest BCUT2D eigenvalue weighted by Gasteiger charge is -2.09. The van der Waals surface area contributed by atoms with Crippen LogP contribution in [0.2, 0.25) is 5.02 Å². The predicted octanol–water partition coefficient (Wildman–Crippen LogP) is 5.55. The van der Waals surface area contributed by atoms with E-state index in [1.165, 1.54) is 22.0 Å². The number of benzene rings is 2. The van der Waals surface area contributed by atoms with Crippen LogP contribution in [0.3, 0.4) is 0 Å². The molecular weight excluding hydrogens is 433 g/mol. The maximum absolute atomic E-state index is 6.05. The summed E-state index contributed by atoms with van der Waals surface area (Å²) in [5.74, 6) is 1.12. The van der Waals surface area contributed by atoms with Gasteiger partial charge in [0, 0.05) is 26.3 Å². The van der Waals surface area contributed by atoms with E-state index in [0.717, 1.165) is 40.8 Å². The molecule has 1 aliphatic heterocycles. The van der Waals surface area contributed by atoms with Crippen LogP contribution < -0.4 is 5.32 Å². The van der Waals surface area contributed by atoms with E-state index < -0.39 is 0 Å². The minimum absolute atomic E-state index is 0.750. The Labute approximate surface area is 160 Å². The molecule has 0 aliphatic carbocycles. The van der Waals surface area contributed by atoms with Crippen molar-refractivity contribution in [2.45, 2.75) is 19.3 Å². The van der Waals surface area contributed by atoms with Crippen molar-refractivity contribution in [3.8, 4) is 16.9 Å². The third-order valence-electron chi connectivity index (χ3n) is 4.32. The Hall–Kier alpha value is -1.53. The number of fused-ring (bicyclic) bond motifs is 1. The van der Waals surface area contributed by atoms with Crippen LogP contribution in [-0.4, -0.2) is 16.3 Å². The van der Waals surface area contributed by atoms with E-state index >= 15 is 0 Å². The molecule has 1 aliphatic rings. The molecule has 0 bridgehead atoms. The molecule has 1 N–H and O–H groups in total. The highest BCUT2D eigenvalue weighted by Crippen LogP contribution is 2.34. The van der Waals surface area contributed by atoms with Gasteiger partial charge in [-0.1, -0.05) is 23.7 Å². The summed E-state index contributed by atoms with van der Waals surface area (Å²) < 4.78 is 3.27. The third-order valence-corrected chi connectivity index (χ3v) is 5.29. The van der Waals surface area contributed by atoms with Gasteiger partial charge in [0.05, 0.1) is 11.4 Å². The monoisotopic (exact) mass is 449 g/mol. The van der Waals surface area contributed by atoms with Gasteiger partial charge in [0.25, 0.3) is 0 Å². The van der Waals surface area contributed by atoms with Crippen LogP contribution >= 0.6 is 34.2 Å². The first-order valence-electron chi connectivity index (χ1n) is 8.10. The smallest absolute Gasteiger partial charge is 0.133 e. The normalized spacial score (nSPS) is 13.9. The molecule has 4 rings (SSSR count). The van der Waals surface area contributed by atoms with E-state index in [9.17, 15) is 0 Å². The second-order valence-electron chi connectivity index (χ2n) is 5.95. The number of halogens is 2. The average Bonchev–Trinajstić information content (AvgIpc) is 2.78. The molecule has 2 heterocycles. The summed E-state index contributed by atoms with van der Waals surface area (Å²) in [4.78, 5) is 0. The topological polar surface area (TPSA) is 29.9 Å². The Kier molecular flexibility index (Phi) is 4.50. The maximum Gasteiger partial charge on any atom is 0.133 e. The molecule has 0 atom stereocenters. The van der Waals surface area contributed by atoms with Gasteiger partial charge in [-0.05, 0) is 78.3 Å². The quantitative estimate of drug-likeness (QED) is 0.520. The number of aromatic nitrogens is 2. The summed E-state index contributed by atoms with van der Waals surface area (Å²) in [5.41, 5.74) is 4.55. The third kappa shape index (κ3) is 3.05. The highest BCUT2D eigenvalue weighted by molar-refractivity contribution is 14.1. The van der Waals surface area contributed by atoms with Crippen molar-refractivity contribution in [1.82, 2.24) is 9.78 Å². The molecule has 0 saturated heterocycles.